The van der Waals surface area contributed by atoms with E-state index in [1.54, 1.807) is 50.2 Å². The first-order chi connectivity index (χ1) is 18.9. The summed E-state index contributed by atoms with van der Waals surface area (Å²) in [5.74, 6) is 0.00674. The number of rotatable bonds is 6. The molecule has 12 heteroatoms. The summed E-state index contributed by atoms with van der Waals surface area (Å²) in [6.45, 7) is 3.28. The Balaban J connectivity index is 1.48. The van der Waals surface area contributed by atoms with Crippen molar-refractivity contribution in [1.29, 1.82) is 0 Å². The molecule has 0 radical (unpaired) electrons. The van der Waals surface area contributed by atoms with Gasteiger partial charge < -0.3 is 10.1 Å². The monoisotopic (exact) mass is 636 g/mol. The average Bonchev–Trinajstić information content (AvgIpc) is 2.88. The van der Waals surface area contributed by atoms with Gasteiger partial charge in [0, 0.05) is 16.3 Å². The number of urea groups is 1. The zero-order chi connectivity index (χ0) is 29.2. The van der Waals surface area contributed by atoms with E-state index < -0.39 is 21.8 Å². The van der Waals surface area contributed by atoms with Crippen LogP contribution in [0.25, 0.3) is 0 Å². The number of benzene rings is 4. The van der Waals surface area contributed by atoms with E-state index in [1.165, 1.54) is 36.4 Å². The number of carbonyl (C=O) groups is 2. The Morgan fingerprint density at radius 1 is 0.825 bits per heavy atom. The fraction of sp³-hybridized carbons (Fsp3) is 0.0714. The number of aryl methyl sites for hydroxylation is 1. The maximum absolute atomic E-state index is 13.3. The summed E-state index contributed by atoms with van der Waals surface area (Å²) >= 11 is 24.5. The molecule has 0 aliphatic heterocycles. The highest BCUT2D eigenvalue weighted by Crippen LogP contribution is 2.39. The van der Waals surface area contributed by atoms with E-state index in [9.17, 15) is 18.0 Å². The Labute approximate surface area is 250 Å². The normalized spacial score (nSPS) is 11.2. The molecular weight excluding hydrogens is 618 g/mol. The highest BCUT2D eigenvalue weighted by Gasteiger charge is 2.26. The minimum Gasteiger partial charge on any atom is -0.457 e. The van der Waals surface area contributed by atoms with Gasteiger partial charge in [-0.05, 0) is 86.1 Å². The molecule has 0 heterocycles. The van der Waals surface area contributed by atoms with Crippen LogP contribution in [0.5, 0.6) is 11.5 Å². The summed E-state index contributed by atoms with van der Waals surface area (Å²) in [4.78, 5) is 24.8. The van der Waals surface area contributed by atoms with Crippen molar-refractivity contribution in [3.05, 3.63) is 110 Å². The number of ether oxygens (including phenoxy) is 1. The lowest BCUT2D eigenvalue weighted by Crippen LogP contribution is -2.34. The number of nitrogens with one attached hydrogen (secondary N) is 2. The topological polar surface area (TPSA) is 102 Å². The molecular formula is C28H20Cl4N2O5S. The van der Waals surface area contributed by atoms with Crippen molar-refractivity contribution < 1.29 is 22.7 Å². The molecule has 3 amide bonds. The standard InChI is InChI=1S/C28H20Cl4N2O5S/c1-15-14-23(16(2)25(32)26(15)40(37,38)20-12-6-17(29)7-13-20)39-19-10-8-18(9-11-19)33-28(36)34-27(35)24-21(30)4-3-5-22(24)31/h3-14H,1-2H3,(H2,33,34,35,36). The number of imide groups is 1. The van der Waals surface area contributed by atoms with Gasteiger partial charge in [-0.2, -0.15) is 0 Å². The van der Waals surface area contributed by atoms with Crippen LogP contribution >= 0.6 is 46.4 Å². The lowest BCUT2D eigenvalue weighted by molar-refractivity contribution is 0.0967. The third-order valence-corrected chi connectivity index (χ3v) is 9.18. The minimum atomic E-state index is -3.91. The van der Waals surface area contributed by atoms with Crippen LogP contribution in [0.1, 0.15) is 21.5 Å². The molecule has 4 aromatic carbocycles. The average molecular weight is 638 g/mol. The van der Waals surface area contributed by atoms with Gasteiger partial charge in [-0.1, -0.05) is 52.5 Å². The van der Waals surface area contributed by atoms with E-state index in [4.69, 9.17) is 51.1 Å². The maximum Gasteiger partial charge on any atom is 0.326 e. The summed E-state index contributed by atoms with van der Waals surface area (Å²) < 4.78 is 32.5. The number of halogens is 4. The molecule has 0 bridgehead atoms. The summed E-state index contributed by atoms with van der Waals surface area (Å²) in [5, 5.41) is 5.39. The molecule has 0 atom stereocenters. The highest BCUT2D eigenvalue weighted by molar-refractivity contribution is 7.91. The van der Waals surface area contributed by atoms with Gasteiger partial charge in [0.15, 0.2) is 0 Å². The van der Waals surface area contributed by atoms with Crippen LogP contribution in [-0.4, -0.2) is 20.4 Å². The summed E-state index contributed by atoms with van der Waals surface area (Å²) in [7, 11) is -3.91. The van der Waals surface area contributed by atoms with Crippen LogP contribution in [0, 0.1) is 13.8 Å². The lowest BCUT2D eigenvalue weighted by atomic mass is 10.1. The SMILES string of the molecule is Cc1cc(Oc2ccc(NC(=O)NC(=O)c3c(Cl)cccc3Cl)cc2)c(C)c(Cl)c1S(=O)(=O)c1ccc(Cl)cc1. The van der Waals surface area contributed by atoms with Crippen LogP contribution in [0.2, 0.25) is 20.1 Å². The molecule has 0 aliphatic carbocycles. The Morgan fingerprint density at radius 3 is 2.02 bits per heavy atom. The smallest absolute Gasteiger partial charge is 0.326 e. The number of hydrogen-bond acceptors (Lipinski definition) is 5. The number of amides is 3. The highest BCUT2D eigenvalue weighted by atomic mass is 35.5. The van der Waals surface area contributed by atoms with E-state index in [1.807, 2.05) is 0 Å². The molecule has 206 valence electrons. The zero-order valence-electron chi connectivity index (χ0n) is 20.9. The predicted molar refractivity (Wildman–Crippen MR) is 157 cm³/mol. The lowest BCUT2D eigenvalue weighted by Gasteiger charge is -2.16. The number of sulfone groups is 1. The first-order valence-electron chi connectivity index (χ1n) is 11.5. The van der Waals surface area contributed by atoms with Gasteiger partial charge in [0.05, 0.1) is 30.4 Å². The van der Waals surface area contributed by atoms with Gasteiger partial charge in [-0.25, -0.2) is 13.2 Å². The molecule has 2 N–H and O–H groups in total. The molecule has 0 saturated heterocycles. The Kier molecular flexibility index (Phi) is 8.97. The van der Waals surface area contributed by atoms with Crippen molar-refractivity contribution in [1.82, 2.24) is 5.32 Å². The number of hydrogen-bond donors (Lipinski definition) is 2. The summed E-state index contributed by atoms with van der Waals surface area (Å²) in [5.41, 5.74) is 1.19. The van der Waals surface area contributed by atoms with Crippen molar-refractivity contribution in [3.8, 4) is 11.5 Å². The second-order valence-electron chi connectivity index (χ2n) is 8.55. The second-order valence-corrected chi connectivity index (χ2v) is 12.1. The third kappa shape index (κ3) is 6.37. The van der Waals surface area contributed by atoms with E-state index in [2.05, 4.69) is 10.6 Å². The summed E-state index contributed by atoms with van der Waals surface area (Å²) in [6, 6.07) is 17.5. The van der Waals surface area contributed by atoms with Crippen molar-refractivity contribution in [3.63, 3.8) is 0 Å². The van der Waals surface area contributed by atoms with Crippen LogP contribution in [-0.2, 0) is 9.84 Å². The predicted octanol–water partition coefficient (Wildman–Crippen LogP) is 8.50. The van der Waals surface area contributed by atoms with Crippen molar-refractivity contribution in [2.45, 2.75) is 23.6 Å². The van der Waals surface area contributed by atoms with Gasteiger partial charge in [-0.15, -0.1) is 0 Å². The first-order valence-corrected chi connectivity index (χ1v) is 14.5. The Morgan fingerprint density at radius 2 is 1.43 bits per heavy atom. The molecule has 0 aromatic heterocycles. The first kappa shape index (κ1) is 29.7. The van der Waals surface area contributed by atoms with Crippen molar-refractivity contribution in [2.75, 3.05) is 5.32 Å². The fourth-order valence-corrected chi connectivity index (χ4v) is 6.61. The quantitative estimate of drug-likeness (QED) is 0.221. The van der Waals surface area contributed by atoms with Crippen molar-refractivity contribution in [2.24, 2.45) is 0 Å². The Bertz CT molecular complexity index is 1710. The number of anilines is 1. The molecule has 7 nitrogen and oxygen atoms in total. The molecule has 40 heavy (non-hydrogen) atoms. The molecule has 0 aliphatic rings. The van der Waals surface area contributed by atoms with E-state index >= 15 is 0 Å². The van der Waals surface area contributed by atoms with Gasteiger partial charge in [0.1, 0.15) is 11.5 Å². The minimum absolute atomic E-state index is 0.0129. The van der Waals surface area contributed by atoms with Crippen LogP contribution < -0.4 is 15.4 Å². The zero-order valence-corrected chi connectivity index (χ0v) is 24.7. The van der Waals surface area contributed by atoms with Crippen molar-refractivity contribution >= 4 is 73.9 Å². The fourth-order valence-electron chi connectivity index (χ4n) is 3.77. The van der Waals surface area contributed by atoms with E-state index in [-0.39, 0.29) is 30.4 Å². The molecule has 0 unspecified atom stereocenters. The molecule has 4 aromatic rings. The Hall–Kier alpha value is -3.27. The second kappa shape index (κ2) is 12.1. The molecule has 0 spiro atoms. The van der Waals surface area contributed by atoms with E-state index in [0.29, 0.717) is 33.3 Å². The van der Waals surface area contributed by atoms with Crippen LogP contribution in [0.4, 0.5) is 10.5 Å². The van der Waals surface area contributed by atoms with Gasteiger partial charge in [0.25, 0.3) is 5.91 Å². The van der Waals surface area contributed by atoms with Gasteiger partial charge in [-0.3, -0.25) is 10.1 Å². The van der Waals surface area contributed by atoms with E-state index in [0.717, 1.165) is 0 Å². The molecule has 0 fully saturated rings. The summed E-state index contributed by atoms with van der Waals surface area (Å²) in [6.07, 6.45) is 0. The van der Waals surface area contributed by atoms with Gasteiger partial charge in [0.2, 0.25) is 9.84 Å². The largest absolute Gasteiger partial charge is 0.457 e. The molecule has 0 saturated carbocycles. The maximum atomic E-state index is 13.3. The third-order valence-electron chi connectivity index (χ3n) is 5.75. The van der Waals surface area contributed by atoms with Gasteiger partial charge >= 0.3 is 6.03 Å². The van der Waals surface area contributed by atoms with Crippen LogP contribution in [0.15, 0.2) is 82.6 Å². The number of carbonyl (C=O) groups excluding carboxylic acids is 2. The molecule has 4 rings (SSSR count). The van der Waals surface area contributed by atoms with Crippen LogP contribution in [0.3, 0.4) is 0 Å².